The molecule has 0 bridgehead atoms. The van der Waals surface area contributed by atoms with Gasteiger partial charge in [0.15, 0.2) is 0 Å². The number of carbonyl (C=O) groups is 1. The molecule has 0 saturated carbocycles. The second-order valence-electron chi connectivity index (χ2n) is 4.95. The molecule has 1 N–H and O–H groups in total. The van der Waals surface area contributed by atoms with Crippen molar-refractivity contribution in [2.24, 2.45) is 5.10 Å². The van der Waals surface area contributed by atoms with E-state index in [1.807, 2.05) is 24.3 Å². The summed E-state index contributed by atoms with van der Waals surface area (Å²) in [6.07, 6.45) is 1.53. The first-order chi connectivity index (χ1) is 11.6. The third-order valence-corrected chi connectivity index (χ3v) is 3.48. The molecule has 0 aliphatic heterocycles. The van der Waals surface area contributed by atoms with Gasteiger partial charge in [0.25, 0.3) is 0 Å². The van der Waals surface area contributed by atoms with Gasteiger partial charge in [0.05, 0.1) is 17.9 Å². The van der Waals surface area contributed by atoms with Crippen LogP contribution in [0.2, 0.25) is 5.02 Å². The van der Waals surface area contributed by atoms with Crippen LogP contribution in [0.3, 0.4) is 0 Å². The van der Waals surface area contributed by atoms with Crippen LogP contribution in [0.1, 0.15) is 16.1 Å². The Morgan fingerprint density at radius 1 is 1.12 bits per heavy atom. The third kappa shape index (κ3) is 3.83. The summed E-state index contributed by atoms with van der Waals surface area (Å²) in [7, 11) is 0. The third-order valence-electron chi connectivity index (χ3n) is 3.24. The highest BCUT2D eigenvalue weighted by atomic mass is 35.5. The van der Waals surface area contributed by atoms with Crippen LogP contribution in [-0.4, -0.2) is 12.2 Å². The summed E-state index contributed by atoms with van der Waals surface area (Å²) in [5.74, 6) is 0.0512. The van der Waals surface area contributed by atoms with Gasteiger partial charge in [-0.25, -0.2) is 0 Å². The van der Waals surface area contributed by atoms with Gasteiger partial charge in [-0.1, -0.05) is 35.9 Å². The number of carbonyl (C=O) groups excluding carboxylic acids is 1. The Hall–Kier alpha value is -3.05. The van der Waals surface area contributed by atoms with Crippen molar-refractivity contribution >= 4 is 29.5 Å². The Morgan fingerprint density at radius 2 is 1.92 bits per heavy atom. The lowest BCUT2D eigenvalue weighted by Crippen LogP contribution is -2.21. The van der Waals surface area contributed by atoms with Gasteiger partial charge in [-0.05, 0) is 42.0 Å². The SMILES string of the molecule is O=C([O-])c1ccc(N/N=C\c2ccc(-c3cccc(Cl)c3)o2)cc1. The number of halogens is 1. The zero-order chi connectivity index (χ0) is 16.9. The van der Waals surface area contributed by atoms with E-state index in [1.54, 1.807) is 24.3 Å². The predicted molar refractivity (Wildman–Crippen MR) is 91.1 cm³/mol. The second-order valence-corrected chi connectivity index (χ2v) is 5.38. The second kappa shape index (κ2) is 7.02. The maximum absolute atomic E-state index is 10.7. The van der Waals surface area contributed by atoms with E-state index < -0.39 is 5.97 Å². The Labute approximate surface area is 143 Å². The highest BCUT2D eigenvalue weighted by molar-refractivity contribution is 6.30. The molecule has 5 nitrogen and oxygen atoms in total. The highest BCUT2D eigenvalue weighted by Gasteiger charge is 2.03. The fourth-order valence-corrected chi connectivity index (χ4v) is 2.26. The molecular formula is C18H12ClN2O3-. The first kappa shape index (κ1) is 15.8. The average Bonchev–Trinajstić information content (AvgIpc) is 3.04. The lowest BCUT2D eigenvalue weighted by atomic mass is 10.2. The van der Waals surface area contributed by atoms with Crippen LogP contribution < -0.4 is 10.5 Å². The number of rotatable bonds is 5. The number of nitrogens with zero attached hydrogens (tertiary/aromatic N) is 1. The molecule has 0 radical (unpaired) electrons. The smallest absolute Gasteiger partial charge is 0.147 e. The molecule has 0 aliphatic carbocycles. The van der Waals surface area contributed by atoms with Crippen LogP contribution in [0.25, 0.3) is 11.3 Å². The molecule has 24 heavy (non-hydrogen) atoms. The summed E-state index contributed by atoms with van der Waals surface area (Å²) < 4.78 is 5.68. The standard InChI is InChI=1S/C18H13ClN2O3/c19-14-3-1-2-13(10-14)17-9-8-16(24-17)11-20-21-15-6-4-12(5-7-15)18(22)23/h1-11,21H,(H,22,23)/p-1/b20-11-. The lowest BCUT2D eigenvalue weighted by Gasteiger charge is -2.03. The summed E-state index contributed by atoms with van der Waals surface area (Å²) in [5, 5.41) is 15.4. The van der Waals surface area contributed by atoms with E-state index in [9.17, 15) is 9.90 Å². The number of carboxylic acids is 1. The van der Waals surface area contributed by atoms with Gasteiger partial charge in [0.1, 0.15) is 11.5 Å². The highest BCUT2D eigenvalue weighted by Crippen LogP contribution is 2.24. The van der Waals surface area contributed by atoms with Crippen molar-refractivity contribution in [1.82, 2.24) is 0 Å². The number of benzene rings is 2. The van der Waals surface area contributed by atoms with Crippen molar-refractivity contribution in [2.45, 2.75) is 0 Å². The number of carboxylic acid groups (broad SMARTS) is 1. The molecule has 0 saturated heterocycles. The molecule has 1 heterocycles. The largest absolute Gasteiger partial charge is 0.545 e. The molecule has 3 rings (SSSR count). The molecule has 0 amide bonds. The molecule has 120 valence electrons. The van der Waals surface area contributed by atoms with Crippen LogP contribution in [0.5, 0.6) is 0 Å². The van der Waals surface area contributed by atoms with Crippen molar-refractivity contribution in [1.29, 1.82) is 0 Å². The minimum absolute atomic E-state index is 0.113. The minimum atomic E-state index is -1.21. The first-order valence-corrected chi connectivity index (χ1v) is 7.46. The van der Waals surface area contributed by atoms with Crippen LogP contribution in [0, 0.1) is 0 Å². The van der Waals surface area contributed by atoms with Crippen molar-refractivity contribution in [3.8, 4) is 11.3 Å². The van der Waals surface area contributed by atoms with Gasteiger partial charge in [-0.15, -0.1) is 0 Å². The summed E-state index contributed by atoms with van der Waals surface area (Å²) in [4.78, 5) is 10.7. The molecule has 0 spiro atoms. The zero-order valence-electron chi connectivity index (χ0n) is 12.4. The molecule has 2 aromatic carbocycles. The number of furan rings is 1. The monoisotopic (exact) mass is 339 g/mol. The van der Waals surface area contributed by atoms with Crippen LogP contribution in [-0.2, 0) is 0 Å². The van der Waals surface area contributed by atoms with Crippen molar-refractivity contribution < 1.29 is 14.3 Å². The van der Waals surface area contributed by atoms with E-state index in [-0.39, 0.29) is 5.56 Å². The van der Waals surface area contributed by atoms with Gasteiger partial charge >= 0.3 is 0 Å². The van der Waals surface area contributed by atoms with E-state index in [2.05, 4.69) is 10.5 Å². The fourth-order valence-electron chi connectivity index (χ4n) is 2.07. The normalized spacial score (nSPS) is 10.9. The molecule has 6 heteroatoms. The van der Waals surface area contributed by atoms with E-state index in [1.165, 1.54) is 18.3 Å². The van der Waals surface area contributed by atoms with Crippen molar-refractivity contribution in [3.63, 3.8) is 0 Å². The molecular weight excluding hydrogens is 328 g/mol. The number of hydrogen-bond acceptors (Lipinski definition) is 5. The number of hydrazone groups is 1. The van der Waals surface area contributed by atoms with Crippen LogP contribution in [0.4, 0.5) is 5.69 Å². The quantitative estimate of drug-likeness (QED) is 0.570. The zero-order valence-corrected chi connectivity index (χ0v) is 13.2. The predicted octanol–water partition coefficient (Wildman–Crippen LogP) is 3.41. The molecule has 0 atom stereocenters. The minimum Gasteiger partial charge on any atom is -0.545 e. The van der Waals surface area contributed by atoms with Gasteiger partial charge < -0.3 is 14.3 Å². The van der Waals surface area contributed by atoms with Crippen molar-refractivity contribution in [3.05, 3.63) is 77.0 Å². The van der Waals surface area contributed by atoms with Crippen LogP contribution in [0.15, 0.2) is 70.2 Å². The average molecular weight is 340 g/mol. The Kier molecular flexibility index (Phi) is 4.63. The molecule has 3 aromatic rings. The Bertz CT molecular complexity index is 885. The van der Waals surface area contributed by atoms with E-state index >= 15 is 0 Å². The molecule has 1 aromatic heterocycles. The number of anilines is 1. The van der Waals surface area contributed by atoms with Gasteiger partial charge in [-0.3, -0.25) is 5.43 Å². The maximum atomic E-state index is 10.7. The fraction of sp³-hybridized carbons (Fsp3) is 0. The first-order valence-electron chi connectivity index (χ1n) is 7.08. The summed E-state index contributed by atoms with van der Waals surface area (Å²) in [6, 6.07) is 17.1. The molecule has 0 aliphatic rings. The number of hydrogen-bond donors (Lipinski definition) is 1. The number of nitrogens with one attached hydrogen (secondary N) is 1. The Morgan fingerprint density at radius 3 is 2.62 bits per heavy atom. The number of aromatic carboxylic acids is 1. The summed E-state index contributed by atoms with van der Waals surface area (Å²) >= 11 is 5.96. The Balaban J connectivity index is 1.66. The van der Waals surface area contributed by atoms with Gasteiger partial charge in [0, 0.05) is 10.6 Å². The van der Waals surface area contributed by atoms with Gasteiger partial charge in [-0.2, -0.15) is 5.10 Å². The van der Waals surface area contributed by atoms with Crippen LogP contribution >= 0.6 is 11.6 Å². The topological polar surface area (TPSA) is 77.7 Å². The maximum Gasteiger partial charge on any atom is 0.147 e. The molecule has 0 unspecified atom stereocenters. The van der Waals surface area contributed by atoms with Crippen molar-refractivity contribution in [2.75, 3.05) is 5.43 Å². The van der Waals surface area contributed by atoms with E-state index in [0.717, 1.165) is 5.56 Å². The summed E-state index contributed by atoms with van der Waals surface area (Å²) in [5.41, 5.74) is 4.44. The van der Waals surface area contributed by atoms with E-state index in [0.29, 0.717) is 22.2 Å². The molecule has 0 fully saturated rings. The summed E-state index contributed by atoms with van der Waals surface area (Å²) in [6.45, 7) is 0. The lowest BCUT2D eigenvalue weighted by molar-refractivity contribution is -0.255. The van der Waals surface area contributed by atoms with E-state index in [4.69, 9.17) is 16.0 Å². The van der Waals surface area contributed by atoms with Gasteiger partial charge in [0.2, 0.25) is 0 Å².